The molecule has 0 unspecified atom stereocenters. The van der Waals surface area contributed by atoms with Crippen LogP contribution in [0.4, 0.5) is 11.4 Å². The van der Waals surface area contributed by atoms with Gasteiger partial charge >= 0.3 is 0 Å². The zero-order valence-electron chi connectivity index (χ0n) is 30.2. The molecule has 0 aliphatic carbocycles. The van der Waals surface area contributed by atoms with Gasteiger partial charge in [-0.1, -0.05) is 84.9 Å². The summed E-state index contributed by atoms with van der Waals surface area (Å²) in [7, 11) is 0. The lowest BCUT2D eigenvalue weighted by molar-refractivity contribution is 0.343. The van der Waals surface area contributed by atoms with E-state index in [-0.39, 0.29) is 6.04 Å². The van der Waals surface area contributed by atoms with Crippen molar-refractivity contribution in [2.45, 2.75) is 79.7 Å². The Morgan fingerprint density at radius 1 is 0.551 bits per heavy atom. The number of benzene rings is 4. The van der Waals surface area contributed by atoms with Gasteiger partial charge in [-0.15, -0.1) is 0 Å². The van der Waals surface area contributed by atoms with Gasteiger partial charge in [-0.05, 0) is 71.7 Å². The molecular weight excluding hydrogens is 605 g/mol. The smallest absolute Gasteiger partial charge is 0.0849 e. The summed E-state index contributed by atoms with van der Waals surface area (Å²) in [6.07, 6.45) is 0. The largest absolute Gasteiger partial charge is 0.396 e. The van der Waals surface area contributed by atoms with Crippen molar-refractivity contribution in [3.8, 4) is 0 Å². The number of nitrogens with two attached hydrogens (primary N) is 4. The lowest BCUT2D eigenvalue weighted by Crippen LogP contribution is -2.39. The molecule has 8 N–H and O–H groups in total. The molecule has 0 saturated heterocycles. The summed E-state index contributed by atoms with van der Waals surface area (Å²) in [4.78, 5) is 4.80. The van der Waals surface area contributed by atoms with Crippen LogP contribution in [0, 0.1) is 0 Å². The summed E-state index contributed by atoms with van der Waals surface area (Å²) >= 11 is 0. The molecule has 258 valence electrons. The zero-order valence-corrected chi connectivity index (χ0v) is 30.2. The second kappa shape index (κ2) is 15.1. The molecule has 8 nitrogen and oxygen atoms in total. The molecule has 8 heteroatoms. The summed E-state index contributed by atoms with van der Waals surface area (Å²) < 4.78 is 0. The van der Waals surface area contributed by atoms with Crippen LogP contribution < -0.4 is 33.0 Å². The third kappa shape index (κ3) is 7.12. The van der Waals surface area contributed by atoms with E-state index < -0.39 is 0 Å². The van der Waals surface area contributed by atoms with Crippen molar-refractivity contribution in [1.82, 2.24) is 10.0 Å². The molecule has 2 aliphatic heterocycles. The number of hydrogen-bond acceptors (Lipinski definition) is 8. The summed E-state index contributed by atoms with van der Waals surface area (Å²) in [5.41, 5.74) is 25.7. The number of fused-ring (bicyclic) bond motifs is 4. The maximum atomic E-state index is 6.67. The molecule has 0 radical (unpaired) electrons. The van der Waals surface area contributed by atoms with Crippen molar-refractivity contribution < 1.29 is 0 Å². The van der Waals surface area contributed by atoms with Crippen LogP contribution in [0.3, 0.4) is 0 Å². The van der Waals surface area contributed by atoms with E-state index in [1.807, 2.05) is 31.2 Å². The molecule has 4 aromatic rings. The highest BCUT2D eigenvalue weighted by molar-refractivity contribution is 5.95. The highest BCUT2D eigenvalue weighted by Crippen LogP contribution is 2.39. The first-order valence-electron chi connectivity index (χ1n) is 17.4. The molecular formula is C41H54N8. The number of nitrogens with zero attached hydrogens (tertiary/aromatic N) is 4. The van der Waals surface area contributed by atoms with Crippen LogP contribution in [0.2, 0.25) is 0 Å². The summed E-state index contributed by atoms with van der Waals surface area (Å²) in [5.74, 6) is 12.8. The second-order valence-electron chi connectivity index (χ2n) is 13.6. The third-order valence-corrected chi connectivity index (χ3v) is 9.43. The molecule has 4 aromatic carbocycles. The Balaban J connectivity index is 0.000000191. The van der Waals surface area contributed by atoms with E-state index >= 15 is 0 Å². The van der Waals surface area contributed by atoms with E-state index in [4.69, 9.17) is 23.2 Å². The summed E-state index contributed by atoms with van der Waals surface area (Å²) in [5, 5.41) is 3.53. The number of hydrazine groups is 2. The fraction of sp³-hybridized carbons (Fsp3) is 0.317. The monoisotopic (exact) mass is 658 g/mol. The van der Waals surface area contributed by atoms with Crippen molar-refractivity contribution >= 4 is 34.2 Å². The van der Waals surface area contributed by atoms with Gasteiger partial charge in [0.05, 0.1) is 22.8 Å². The molecule has 0 amide bonds. The van der Waals surface area contributed by atoms with E-state index in [0.717, 1.165) is 63.8 Å². The van der Waals surface area contributed by atoms with Gasteiger partial charge in [0.2, 0.25) is 0 Å². The van der Waals surface area contributed by atoms with Crippen LogP contribution in [-0.2, 0) is 13.1 Å². The predicted octanol–water partition coefficient (Wildman–Crippen LogP) is 7.18. The lowest BCUT2D eigenvalue weighted by atomic mass is 9.95. The Kier molecular flexibility index (Phi) is 10.9. The maximum absolute atomic E-state index is 6.67. The Morgan fingerprint density at radius 2 is 0.959 bits per heavy atom. The number of hydrogen-bond donors (Lipinski definition) is 4. The minimum absolute atomic E-state index is 0.140. The minimum atomic E-state index is 0.140. The average molecular weight is 659 g/mol. The van der Waals surface area contributed by atoms with Gasteiger partial charge in [0.25, 0.3) is 0 Å². The molecule has 0 atom stereocenters. The van der Waals surface area contributed by atoms with Crippen LogP contribution in [0.25, 0.3) is 22.8 Å². The average Bonchev–Trinajstić information content (AvgIpc) is 3.09. The van der Waals surface area contributed by atoms with E-state index in [1.165, 1.54) is 16.8 Å². The minimum Gasteiger partial charge on any atom is -0.396 e. The first kappa shape index (κ1) is 35.4. The Labute approximate surface area is 293 Å². The van der Waals surface area contributed by atoms with E-state index in [1.54, 1.807) is 10.0 Å². The Morgan fingerprint density at radius 3 is 1.47 bits per heavy atom. The van der Waals surface area contributed by atoms with E-state index in [2.05, 4.69) is 124 Å². The normalized spacial score (nSPS) is 17.1. The molecule has 6 rings (SSSR count). The quantitative estimate of drug-likeness (QED) is 0.127. The van der Waals surface area contributed by atoms with Crippen molar-refractivity contribution in [3.05, 3.63) is 130 Å². The van der Waals surface area contributed by atoms with Crippen LogP contribution in [-0.4, -0.2) is 34.7 Å². The van der Waals surface area contributed by atoms with Gasteiger partial charge in [-0.25, -0.2) is 11.7 Å². The fourth-order valence-electron chi connectivity index (χ4n) is 6.69. The SMILES string of the molecule is CC(C)N(N)/C1=C(\N)c2ccccc2CN(C(C)C)c2ccccc21.CCN(N)/C1=C(\N)c2ccccc2N(C(C)C)Cc2ccccc21. The second-order valence-corrected chi connectivity index (χ2v) is 13.6. The van der Waals surface area contributed by atoms with Crippen molar-refractivity contribution in [3.63, 3.8) is 0 Å². The predicted molar refractivity (Wildman–Crippen MR) is 208 cm³/mol. The van der Waals surface area contributed by atoms with Crippen LogP contribution >= 0.6 is 0 Å². The van der Waals surface area contributed by atoms with Gasteiger partial charge in [-0.3, -0.25) is 0 Å². The molecule has 0 spiro atoms. The standard InChI is InChI=1S/C21H28N4.C20H26N4/c1-14(2)24-13-16-9-5-6-10-17(16)20(22)21(25(23)15(3)4)18-11-7-8-12-19(18)24;1-4-24(22)20-16-10-6-5-9-15(16)13-23(14(2)3)18-12-8-7-11-17(18)19(20)21/h5-12,14-15H,13,22-23H2,1-4H3;5-12,14H,4,13,21-22H2,1-3H3/b21-20-;20-19-. The molecule has 0 aromatic heterocycles. The fourth-order valence-corrected chi connectivity index (χ4v) is 6.69. The summed E-state index contributed by atoms with van der Waals surface area (Å²) in [6.45, 7) is 17.4. The molecule has 0 saturated carbocycles. The van der Waals surface area contributed by atoms with Crippen molar-refractivity contribution in [2.75, 3.05) is 16.3 Å². The highest BCUT2D eigenvalue weighted by atomic mass is 15.4. The number of para-hydroxylation sites is 2. The van der Waals surface area contributed by atoms with Gasteiger partial charge in [0.1, 0.15) is 0 Å². The highest BCUT2D eigenvalue weighted by Gasteiger charge is 2.28. The topological polar surface area (TPSA) is 117 Å². The zero-order chi connectivity index (χ0) is 35.4. The van der Waals surface area contributed by atoms with Gasteiger partial charge in [-0.2, -0.15) is 0 Å². The summed E-state index contributed by atoms with van der Waals surface area (Å²) in [6, 6.07) is 34.3. The van der Waals surface area contributed by atoms with E-state index in [9.17, 15) is 0 Å². The molecule has 2 heterocycles. The lowest BCUT2D eigenvalue weighted by Gasteiger charge is -2.37. The maximum Gasteiger partial charge on any atom is 0.0849 e. The van der Waals surface area contributed by atoms with Crippen molar-refractivity contribution in [2.24, 2.45) is 23.2 Å². The molecule has 49 heavy (non-hydrogen) atoms. The van der Waals surface area contributed by atoms with Crippen LogP contribution in [0.1, 0.15) is 81.8 Å². The molecule has 0 bridgehead atoms. The first-order valence-corrected chi connectivity index (χ1v) is 17.4. The third-order valence-electron chi connectivity index (χ3n) is 9.43. The Hall–Kier alpha value is -4.92. The van der Waals surface area contributed by atoms with Crippen molar-refractivity contribution in [1.29, 1.82) is 0 Å². The van der Waals surface area contributed by atoms with Crippen LogP contribution in [0.5, 0.6) is 0 Å². The molecule has 0 fully saturated rings. The Bertz CT molecular complexity index is 1820. The van der Waals surface area contributed by atoms with E-state index in [0.29, 0.717) is 18.6 Å². The number of rotatable bonds is 6. The van der Waals surface area contributed by atoms with Gasteiger partial charge in [0.15, 0.2) is 0 Å². The van der Waals surface area contributed by atoms with Crippen LogP contribution in [0.15, 0.2) is 97.1 Å². The van der Waals surface area contributed by atoms with Gasteiger partial charge in [0, 0.05) is 71.4 Å². The first-order chi connectivity index (χ1) is 23.5. The number of anilines is 2. The van der Waals surface area contributed by atoms with Gasteiger partial charge < -0.3 is 31.3 Å². The molecule has 2 aliphatic rings.